The number of likely N-dealkylation sites (tertiary alicyclic amines) is 1. The summed E-state index contributed by atoms with van der Waals surface area (Å²) in [6, 6.07) is 5.11. The highest BCUT2D eigenvalue weighted by Crippen LogP contribution is 2.30. The minimum absolute atomic E-state index is 0.0226. The maximum atomic E-state index is 12.3. The third-order valence-electron chi connectivity index (χ3n) is 4.77. The molecule has 1 aliphatic heterocycles. The van der Waals surface area contributed by atoms with Crippen LogP contribution in [-0.2, 0) is 4.79 Å². The molecule has 0 spiro atoms. The van der Waals surface area contributed by atoms with Crippen LogP contribution < -0.4 is 15.2 Å². The molecule has 1 aliphatic rings. The van der Waals surface area contributed by atoms with Gasteiger partial charge in [-0.15, -0.1) is 0 Å². The Morgan fingerprint density at radius 1 is 1.32 bits per heavy atom. The van der Waals surface area contributed by atoms with Crippen LogP contribution in [0.3, 0.4) is 0 Å². The molecule has 1 unspecified atom stereocenters. The predicted octanol–water partition coefficient (Wildman–Crippen LogP) is 2.25. The van der Waals surface area contributed by atoms with E-state index in [9.17, 15) is 9.59 Å². The van der Waals surface area contributed by atoms with E-state index in [1.165, 1.54) is 14.0 Å². The number of carbonyl (C=O) groups excluding carboxylic acids is 2. The van der Waals surface area contributed by atoms with Crippen LogP contribution in [0.15, 0.2) is 18.2 Å². The van der Waals surface area contributed by atoms with Gasteiger partial charge in [0.05, 0.1) is 13.7 Å². The number of ether oxygens (including phenoxy) is 2. The first-order chi connectivity index (χ1) is 11.9. The van der Waals surface area contributed by atoms with Gasteiger partial charge in [-0.25, -0.2) is 0 Å². The summed E-state index contributed by atoms with van der Waals surface area (Å²) in [5.41, 5.74) is 6.42. The van der Waals surface area contributed by atoms with Crippen molar-refractivity contribution in [1.29, 1.82) is 0 Å². The fraction of sp³-hybridized carbons (Fsp3) is 0.579. The van der Waals surface area contributed by atoms with Crippen LogP contribution in [0.4, 0.5) is 0 Å². The van der Waals surface area contributed by atoms with Crippen molar-refractivity contribution in [1.82, 2.24) is 4.90 Å². The van der Waals surface area contributed by atoms with Crippen molar-refractivity contribution in [2.45, 2.75) is 33.1 Å². The summed E-state index contributed by atoms with van der Waals surface area (Å²) in [5, 5.41) is 0. The molecule has 0 bridgehead atoms. The molecule has 25 heavy (non-hydrogen) atoms. The van der Waals surface area contributed by atoms with Gasteiger partial charge in [0.15, 0.2) is 17.3 Å². The van der Waals surface area contributed by atoms with Gasteiger partial charge < -0.3 is 20.1 Å². The van der Waals surface area contributed by atoms with E-state index in [1.807, 2.05) is 4.90 Å². The van der Waals surface area contributed by atoms with Crippen molar-refractivity contribution in [2.24, 2.45) is 11.1 Å². The molecule has 0 aromatic heterocycles. The predicted molar refractivity (Wildman–Crippen MR) is 96.1 cm³/mol. The number of nitrogens with zero attached hydrogens (tertiary/aromatic N) is 1. The van der Waals surface area contributed by atoms with Crippen LogP contribution >= 0.6 is 0 Å². The van der Waals surface area contributed by atoms with Crippen LogP contribution in [0, 0.1) is 5.41 Å². The number of methoxy groups -OCH3 is 1. The van der Waals surface area contributed by atoms with Gasteiger partial charge in [0.1, 0.15) is 0 Å². The average Bonchev–Trinajstić information content (AvgIpc) is 3.01. The zero-order valence-electron chi connectivity index (χ0n) is 15.3. The van der Waals surface area contributed by atoms with Crippen LogP contribution in [-0.4, -0.2) is 49.9 Å². The molecule has 0 saturated carbocycles. The monoisotopic (exact) mass is 348 g/mol. The van der Waals surface area contributed by atoms with E-state index in [0.29, 0.717) is 43.1 Å². The Morgan fingerprint density at radius 3 is 2.68 bits per heavy atom. The summed E-state index contributed by atoms with van der Waals surface area (Å²) >= 11 is 0. The smallest absolute Gasteiger partial charge is 0.222 e. The SMILES string of the molecule is COc1cc(C(C)=O)ccc1OCCCC(=O)N1CCC(C)(CN)C1. The van der Waals surface area contributed by atoms with Crippen LogP contribution in [0.5, 0.6) is 11.5 Å². The average molecular weight is 348 g/mol. The number of carbonyl (C=O) groups is 2. The molecule has 138 valence electrons. The highest BCUT2D eigenvalue weighted by atomic mass is 16.5. The lowest BCUT2D eigenvalue weighted by Crippen LogP contribution is -2.34. The molecule has 1 amide bonds. The number of ketones is 1. The Bertz CT molecular complexity index is 632. The van der Waals surface area contributed by atoms with E-state index in [4.69, 9.17) is 15.2 Å². The summed E-state index contributed by atoms with van der Waals surface area (Å²) in [5.74, 6) is 1.24. The lowest BCUT2D eigenvalue weighted by molar-refractivity contribution is -0.130. The third-order valence-corrected chi connectivity index (χ3v) is 4.77. The van der Waals surface area contributed by atoms with E-state index >= 15 is 0 Å². The van der Waals surface area contributed by atoms with Crippen molar-refractivity contribution in [3.63, 3.8) is 0 Å². The largest absolute Gasteiger partial charge is 0.493 e. The number of nitrogens with two attached hydrogens (primary N) is 1. The van der Waals surface area contributed by atoms with Crippen LogP contribution in [0.25, 0.3) is 0 Å². The maximum Gasteiger partial charge on any atom is 0.222 e. The fourth-order valence-electron chi connectivity index (χ4n) is 2.97. The highest BCUT2D eigenvalue weighted by molar-refractivity contribution is 5.94. The van der Waals surface area contributed by atoms with Gasteiger partial charge in [-0.1, -0.05) is 6.92 Å². The number of hydrogen-bond acceptors (Lipinski definition) is 5. The standard InChI is InChI=1S/C19H28N2O4/c1-14(22)15-6-7-16(17(11-15)24-3)25-10-4-5-18(23)21-9-8-19(2,12-20)13-21/h6-7,11H,4-5,8-10,12-13,20H2,1-3H3. The molecule has 6 nitrogen and oxygen atoms in total. The molecule has 0 aliphatic carbocycles. The third kappa shape index (κ3) is 4.95. The van der Waals surface area contributed by atoms with E-state index in [0.717, 1.165) is 19.5 Å². The Kier molecular flexibility index (Phi) is 6.42. The summed E-state index contributed by atoms with van der Waals surface area (Å²) in [6.07, 6.45) is 2.05. The van der Waals surface area contributed by atoms with Crippen LogP contribution in [0.2, 0.25) is 0 Å². The molecule has 1 aromatic rings. The second-order valence-electron chi connectivity index (χ2n) is 6.95. The van der Waals surface area contributed by atoms with Crippen LogP contribution in [0.1, 0.15) is 43.5 Å². The topological polar surface area (TPSA) is 81.9 Å². The summed E-state index contributed by atoms with van der Waals surface area (Å²) in [4.78, 5) is 25.6. The van der Waals surface area contributed by atoms with Gasteiger partial charge in [0, 0.05) is 25.1 Å². The number of amides is 1. The molecule has 0 radical (unpaired) electrons. The lowest BCUT2D eigenvalue weighted by Gasteiger charge is -2.22. The number of Topliss-reactive ketones (excluding diaryl/α,β-unsaturated/α-hetero) is 1. The van der Waals surface area contributed by atoms with Crippen molar-refractivity contribution in [2.75, 3.05) is 33.4 Å². The Morgan fingerprint density at radius 2 is 2.08 bits per heavy atom. The molecular weight excluding hydrogens is 320 g/mol. The molecule has 2 N–H and O–H groups in total. The van der Waals surface area contributed by atoms with Gasteiger partial charge in [-0.3, -0.25) is 9.59 Å². The first-order valence-electron chi connectivity index (χ1n) is 8.68. The first-order valence-corrected chi connectivity index (χ1v) is 8.68. The Balaban J connectivity index is 1.80. The molecule has 1 atom stereocenters. The van der Waals surface area contributed by atoms with Crippen molar-refractivity contribution >= 4 is 11.7 Å². The molecule has 1 heterocycles. The summed E-state index contributed by atoms with van der Waals surface area (Å²) < 4.78 is 11.0. The van der Waals surface area contributed by atoms with Gasteiger partial charge >= 0.3 is 0 Å². The van der Waals surface area contributed by atoms with Gasteiger partial charge in [-0.2, -0.15) is 0 Å². The zero-order chi connectivity index (χ0) is 18.4. The molecule has 6 heteroatoms. The minimum atomic E-state index is -0.0226. The second kappa shape index (κ2) is 8.34. The number of benzene rings is 1. The summed E-state index contributed by atoms with van der Waals surface area (Å²) in [6.45, 7) is 6.19. The van der Waals surface area contributed by atoms with E-state index in [1.54, 1.807) is 18.2 Å². The Hall–Kier alpha value is -2.08. The second-order valence-corrected chi connectivity index (χ2v) is 6.95. The van der Waals surface area contributed by atoms with Crippen molar-refractivity contribution in [3.05, 3.63) is 23.8 Å². The van der Waals surface area contributed by atoms with Gasteiger partial charge in [0.25, 0.3) is 0 Å². The molecular formula is C19H28N2O4. The van der Waals surface area contributed by atoms with E-state index in [2.05, 4.69) is 6.92 Å². The Labute approximate surface area is 149 Å². The van der Waals surface area contributed by atoms with E-state index < -0.39 is 0 Å². The molecule has 2 rings (SSSR count). The normalized spacial score (nSPS) is 19.8. The fourth-order valence-corrected chi connectivity index (χ4v) is 2.97. The molecule has 1 aromatic carbocycles. The maximum absolute atomic E-state index is 12.3. The van der Waals surface area contributed by atoms with Gasteiger partial charge in [-0.05, 0) is 49.9 Å². The molecule has 1 fully saturated rings. The first kappa shape index (κ1) is 19.2. The highest BCUT2D eigenvalue weighted by Gasteiger charge is 2.34. The number of hydrogen-bond donors (Lipinski definition) is 1. The van der Waals surface area contributed by atoms with E-state index in [-0.39, 0.29) is 17.1 Å². The minimum Gasteiger partial charge on any atom is -0.493 e. The quantitative estimate of drug-likeness (QED) is 0.575. The van der Waals surface area contributed by atoms with Crippen molar-refractivity contribution in [3.8, 4) is 11.5 Å². The summed E-state index contributed by atoms with van der Waals surface area (Å²) in [7, 11) is 1.54. The molecule has 1 saturated heterocycles. The van der Waals surface area contributed by atoms with Crippen molar-refractivity contribution < 1.29 is 19.1 Å². The van der Waals surface area contributed by atoms with Gasteiger partial charge in [0.2, 0.25) is 5.91 Å². The lowest BCUT2D eigenvalue weighted by atomic mass is 9.90. The zero-order valence-corrected chi connectivity index (χ0v) is 15.3. The number of rotatable bonds is 8.